The van der Waals surface area contributed by atoms with Gasteiger partial charge in [0.15, 0.2) is 0 Å². The molecule has 3 aromatic carbocycles. The highest BCUT2D eigenvalue weighted by Crippen LogP contribution is 2.37. The van der Waals surface area contributed by atoms with E-state index in [0.29, 0.717) is 11.3 Å². The number of aryl methyl sites for hydroxylation is 1. The van der Waals surface area contributed by atoms with Crippen LogP contribution in [0.1, 0.15) is 33.1 Å². The van der Waals surface area contributed by atoms with Crippen LogP contribution in [-0.4, -0.2) is 23.3 Å². The third-order valence-electron chi connectivity index (χ3n) is 4.87. The van der Waals surface area contributed by atoms with E-state index >= 15 is 0 Å². The van der Waals surface area contributed by atoms with Crippen molar-refractivity contribution in [3.63, 3.8) is 0 Å². The number of hydrogen-bond acceptors (Lipinski definition) is 2. The van der Waals surface area contributed by atoms with E-state index in [1.54, 1.807) is 41.3 Å². The van der Waals surface area contributed by atoms with Gasteiger partial charge < -0.3 is 10.2 Å². The Hall–Kier alpha value is -3.47. The van der Waals surface area contributed by atoms with Gasteiger partial charge in [-0.25, -0.2) is 4.39 Å². The van der Waals surface area contributed by atoms with E-state index in [4.69, 9.17) is 0 Å². The molecule has 140 valence electrons. The zero-order valence-corrected chi connectivity index (χ0v) is 15.4. The standard InChI is InChI=1S/C23H19FN2O2/c1-15-7-12-20-19(13-15)22(16-8-10-18(24)11-9-16)26(14-21(27)25-20)23(28)17-5-3-2-4-6-17/h2-13,22H,14H2,1H3,(H,25,27)/t22-/m0/s1. The smallest absolute Gasteiger partial charge is 0.255 e. The molecule has 2 amide bonds. The van der Waals surface area contributed by atoms with Crippen molar-refractivity contribution < 1.29 is 14.0 Å². The van der Waals surface area contributed by atoms with Crippen molar-refractivity contribution in [2.75, 3.05) is 11.9 Å². The van der Waals surface area contributed by atoms with Crippen molar-refractivity contribution in [3.8, 4) is 0 Å². The summed E-state index contributed by atoms with van der Waals surface area (Å²) in [6.07, 6.45) is 0. The maximum atomic E-state index is 13.5. The summed E-state index contributed by atoms with van der Waals surface area (Å²) in [6.45, 7) is 1.86. The Balaban J connectivity index is 1.90. The molecule has 0 unspecified atom stereocenters. The van der Waals surface area contributed by atoms with E-state index in [1.807, 2.05) is 31.2 Å². The monoisotopic (exact) mass is 374 g/mol. The summed E-state index contributed by atoms with van der Waals surface area (Å²) in [5, 5.41) is 2.89. The van der Waals surface area contributed by atoms with Crippen LogP contribution >= 0.6 is 0 Å². The number of fused-ring (bicyclic) bond motifs is 1. The minimum atomic E-state index is -0.512. The zero-order valence-electron chi connectivity index (χ0n) is 15.4. The third-order valence-corrected chi connectivity index (χ3v) is 4.87. The van der Waals surface area contributed by atoms with Gasteiger partial charge in [-0.2, -0.15) is 0 Å². The molecule has 1 N–H and O–H groups in total. The second-order valence-corrected chi connectivity index (χ2v) is 6.89. The third kappa shape index (κ3) is 3.39. The van der Waals surface area contributed by atoms with Gasteiger partial charge in [-0.1, -0.05) is 48.0 Å². The first-order valence-electron chi connectivity index (χ1n) is 9.05. The minimum absolute atomic E-state index is 0.0938. The van der Waals surface area contributed by atoms with Crippen molar-refractivity contribution in [2.24, 2.45) is 0 Å². The number of benzene rings is 3. The van der Waals surface area contributed by atoms with Crippen molar-refractivity contribution in [3.05, 3.63) is 101 Å². The molecule has 1 heterocycles. The van der Waals surface area contributed by atoms with Crippen LogP contribution in [-0.2, 0) is 4.79 Å². The van der Waals surface area contributed by atoms with E-state index < -0.39 is 6.04 Å². The van der Waals surface area contributed by atoms with Gasteiger partial charge in [0.1, 0.15) is 12.4 Å². The maximum absolute atomic E-state index is 13.5. The summed E-state index contributed by atoms with van der Waals surface area (Å²) < 4.78 is 13.5. The van der Waals surface area contributed by atoms with Crippen LogP contribution in [0.25, 0.3) is 0 Å². The highest BCUT2D eigenvalue weighted by molar-refractivity contribution is 6.01. The zero-order chi connectivity index (χ0) is 19.7. The molecule has 0 bridgehead atoms. The summed E-state index contributed by atoms with van der Waals surface area (Å²) in [5.41, 5.74) is 3.72. The molecule has 3 aromatic rings. The molecule has 28 heavy (non-hydrogen) atoms. The minimum Gasteiger partial charge on any atom is -0.324 e. The first-order chi connectivity index (χ1) is 13.5. The molecule has 4 nitrogen and oxygen atoms in total. The first kappa shape index (κ1) is 17.9. The number of rotatable bonds is 2. The molecule has 0 spiro atoms. The summed E-state index contributed by atoms with van der Waals surface area (Å²) in [4.78, 5) is 27.4. The number of carbonyl (C=O) groups excluding carboxylic acids is 2. The summed E-state index contributed by atoms with van der Waals surface area (Å²) in [6, 6.07) is 20.1. The summed E-state index contributed by atoms with van der Waals surface area (Å²) in [5.74, 6) is -0.865. The van der Waals surface area contributed by atoms with Gasteiger partial charge in [0, 0.05) is 16.8 Å². The summed E-state index contributed by atoms with van der Waals surface area (Å²) in [7, 11) is 0. The second-order valence-electron chi connectivity index (χ2n) is 6.89. The lowest BCUT2D eigenvalue weighted by atomic mass is 9.94. The number of anilines is 1. The molecule has 1 aliphatic heterocycles. The molecule has 0 radical (unpaired) electrons. The van der Waals surface area contributed by atoms with Gasteiger partial charge in [0.25, 0.3) is 5.91 Å². The molecule has 1 aliphatic rings. The van der Waals surface area contributed by atoms with Crippen LogP contribution in [0.5, 0.6) is 0 Å². The van der Waals surface area contributed by atoms with Crippen LogP contribution < -0.4 is 5.32 Å². The van der Waals surface area contributed by atoms with Gasteiger partial charge in [-0.05, 0) is 42.8 Å². The molecular weight excluding hydrogens is 355 g/mol. The average molecular weight is 374 g/mol. The fourth-order valence-electron chi connectivity index (χ4n) is 3.57. The Labute approximate surface area is 162 Å². The number of hydrogen-bond donors (Lipinski definition) is 1. The van der Waals surface area contributed by atoms with Gasteiger partial charge in [0.05, 0.1) is 6.04 Å². The van der Waals surface area contributed by atoms with Crippen LogP contribution in [0.15, 0.2) is 72.8 Å². The number of nitrogens with zero attached hydrogens (tertiary/aromatic N) is 1. The average Bonchev–Trinajstić information content (AvgIpc) is 2.84. The molecular formula is C23H19FN2O2. The van der Waals surface area contributed by atoms with E-state index in [9.17, 15) is 14.0 Å². The highest BCUT2D eigenvalue weighted by atomic mass is 19.1. The van der Waals surface area contributed by atoms with E-state index in [-0.39, 0.29) is 24.2 Å². The predicted octanol–water partition coefficient (Wildman–Crippen LogP) is 4.32. The number of carbonyl (C=O) groups is 2. The van der Waals surface area contributed by atoms with Crippen LogP contribution in [0.3, 0.4) is 0 Å². The van der Waals surface area contributed by atoms with E-state index in [0.717, 1.165) is 16.7 Å². The predicted molar refractivity (Wildman–Crippen MR) is 106 cm³/mol. The van der Waals surface area contributed by atoms with Crippen molar-refractivity contribution in [2.45, 2.75) is 13.0 Å². The molecule has 0 aromatic heterocycles. The van der Waals surface area contributed by atoms with Crippen LogP contribution in [0, 0.1) is 12.7 Å². The molecule has 0 saturated heterocycles. The second kappa shape index (κ2) is 7.27. The molecule has 4 rings (SSSR count). The number of halogens is 1. The van der Waals surface area contributed by atoms with Crippen molar-refractivity contribution in [1.82, 2.24) is 4.90 Å². The van der Waals surface area contributed by atoms with Gasteiger partial charge in [0.2, 0.25) is 5.91 Å². The first-order valence-corrected chi connectivity index (χ1v) is 9.05. The van der Waals surface area contributed by atoms with Crippen molar-refractivity contribution >= 4 is 17.5 Å². The Bertz CT molecular complexity index is 1030. The normalized spacial score (nSPS) is 16.1. The molecule has 0 fully saturated rings. The van der Waals surface area contributed by atoms with Crippen LogP contribution in [0.4, 0.5) is 10.1 Å². The van der Waals surface area contributed by atoms with Gasteiger partial charge in [-0.3, -0.25) is 9.59 Å². The molecule has 5 heteroatoms. The SMILES string of the molecule is Cc1ccc2c(c1)[C@H](c1ccc(F)cc1)N(C(=O)c1ccccc1)CC(=O)N2. The van der Waals surface area contributed by atoms with E-state index in [2.05, 4.69) is 5.32 Å². The van der Waals surface area contributed by atoms with Gasteiger partial charge in [-0.15, -0.1) is 0 Å². The summed E-state index contributed by atoms with van der Waals surface area (Å²) >= 11 is 0. The number of amides is 2. The molecule has 0 saturated carbocycles. The van der Waals surface area contributed by atoms with Crippen LogP contribution in [0.2, 0.25) is 0 Å². The lowest BCUT2D eigenvalue weighted by Gasteiger charge is -2.31. The lowest BCUT2D eigenvalue weighted by molar-refractivity contribution is -0.117. The highest BCUT2D eigenvalue weighted by Gasteiger charge is 2.34. The lowest BCUT2D eigenvalue weighted by Crippen LogP contribution is -2.39. The molecule has 0 aliphatic carbocycles. The maximum Gasteiger partial charge on any atom is 0.255 e. The molecule has 1 atom stereocenters. The largest absolute Gasteiger partial charge is 0.324 e. The van der Waals surface area contributed by atoms with Crippen molar-refractivity contribution in [1.29, 1.82) is 0 Å². The Morgan fingerprint density at radius 2 is 1.75 bits per heavy atom. The fourth-order valence-corrected chi connectivity index (χ4v) is 3.57. The number of nitrogens with one attached hydrogen (secondary N) is 1. The Kier molecular flexibility index (Phi) is 4.65. The Morgan fingerprint density at radius 1 is 1.04 bits per heavy atom. The van der Waals surface area contributed by atoms with Gasteiger partial charge >= 0.3 is 0 Å². The fraction of sp³-hybridized carbons (Fsp3) is 0.130. The quantitative estimate of drug-likeness (QED) is 0.726. The Morgan fingerprint density at radius 3 is 2.46 bits per heavy atom. The topological polar surface area (TPSA) is 49.4 Å². The van der Waals surface area contributed by atoms with E-state index in [1.165, 1.54) is 12.1 Å².